The van der Waals surface area contributed by atoms with Crippen LogP contribution in [0.5, 0.6) is 0 Å². The summed E-state index contributed by atoms with van der Waals surface area (Å²) in [5, 5.41) is 3.35. The zero-order chi connectivity index (χ0) is 12.8. The Morgan fingerprint density at radius 1 is 1.26 bits per heavy atom. The Labute approximate surface area is 121 Å². The van der Waals surface area contributed by atoms with Crippen LogP contribution in [-0.2, 0) is 0 Å². The van der Waals surface area contributed by atoms with Gasteiger partial charge in [0.1, 0.15) is 0 Å². The summed E-state index contributed by atoms with van der Waals surface area (Å²) >= 11 is 3.65. The Morgan fingerprint density at radius 3 is 3.00 bits per heavy atom. The third-order valence-electron chi connectivity index (χ3n) is 3.68. The first-order valence-corrected chi connectivity index (χ1v) is 8.19. The molecule has 1 aromatic carbocycles. The highest BCUT2D eigenvalue weighted by Gasteiger charge is 2.31. The first kappa shape index (κ1) is 11.6. The summed E-state index contributed by atoms with van der Waals surface area (Å²) < 4.78 is 0. The molecule has 96 valence electrons. The fourth-order valence-electron chi connectivity index (χ4n) is 2.70. The molecular weight excluding hydrogens is 272 g/mol. The molecule has 0 fully saturated rings. The van der Waals surface area contributed by atoms with Gasteiger partial charge in [-0.1, -0.05) is 12.1 Å². The summed E-state index contributed by atoms with van der Waals surface area (Å²) in [5.74, 6) is 0. The van der Waals surface area contributed by atoms with Gasteiger partial charge in [-0.2, -0.15) is 0 Å². The molecule has 0 saturated carbocycles. The Balaban J connectivity index is 1.71. The predicted octanol–water partition coefficient (Wildman–Crippen LogP) is 4.47. The zero-order valence-corrected chi connectivity index (χ0v) is 12.3. The van der Waals surface area contributed by atoms with Gasteiger partial charge in [-0.15, -0.1) is 11.3 Å². The topological polar surface area (TPSA) is 15.6 Å². The molecule has 0 unspecified atom stereocenters. The van der Waals surface area contributed by atoms with Gasteiger partial charge in [-0.25, -0.2) is 0 Å². The molecule has 2 aliphatic heterocycles. The molecule has 0 amide bonds. The van der Waals surface area contributed by atoms with Crippen molar-refractivity contribution in [1.82, 2.24) is 0 Å². The SMILES string of the molecule is Cc1ccsc1[C@@H]1CCN2C(=N1)Sc1ccccc12. The lowest BCUT2D eigenvalue weighted by Crippen LogP contribution is -2.31. The second-order valence-corrected chi connectivity index (χ2v) is 6.86. The summed E-state index contributed by atoms with van der Waals surface area (Å²) in [6.07, 6.45) is 1.11. The number of anilines is 1. The molecule has 0 spiro atoms. The van der Waals surface area contributed by atoms with Crippen LogP contribution >= 0.6 is 23.1 Å². The van der Waals surface area contributed by atoms with Crippen molar-refractivity contribution in [3.8, 4) is 0 Å². The quantitative estimate of drug-likeness (QED) is 0.768. The molecule has 1 atom stereocenters. The molecule has 19 heavy (non-hydrogen) atoms. The maximum atomic E-state index is 4.98. The Hall–Kier alpha value is -1.26. The third-order valence-corrected chi connectivity index (χ3v) is 5.88. The minimum absolute atomic E-state index is 0.355. The van der Waals surface area contributed by atoms with Crippen molar-refractivity contribution in [3.63, 3.8) is 0 Å². The summed E-state index contributed by atoms with van der Waals surface area (Å²) in [6, 6.07) is 11.1. The van der Waals surface area contributed by atoms with Crippen LogP contribution < -0.4 is 4.90 Å². The Bertz CT molecular complexity index is 660. The number of amidine groups is 1. The van der Waals surface area contributed by atoms with Gasteiger partial charge < -0.3 is 4.90 Å². The molecule has 0 bridgehead atoms. The standard InChI is InChI=1S/C15H14N2S2/c1-10-7-9-18-14(10)11-6-8-17-12-4-2-3-5-13(12)19-15(17)16-11/h2-5,7,9,11H,6,8H2,1H3/t11-/m0/s1. The normalized spacial score (nSPS) is 21.0. The fourth-order valence-corrected chi connectivity index (χ4v) is 4.81. The molecule has 4 rings (SSSR count). The van der Waals surface area contributed by atoms with Crippen molar-refractivity contribution < 1.29 is 0 Å². The monoisotopic (exact) mass is 286 g/mol. The van der Waals surface area contributed by atoms with E-state index in [0.29, 0.717) is 6.04 Å². The average molecular weight is 286 g/mol. The first-order valence-electron chi connectivity index (χ1n) is 6.49. The van der Waals surface area contributed by atoms with Crippen molar-refractivity contribution in [3.05, 3.63) is 46.2 Å². The molecule has 0 saturated heterocycles. The largest absolute Gasteiger partial charge is 0.320 e. The second-order valence-electron chi connectivity index (χ2n) is 4.91. The van der Waals surface area contributed by atoms with E-state index in [1.54, 1.807) is 0 Å². The Morgan fingerprint density at radius 2 is 2.16 bits per heavy atom. The Kier molecular flexibility index (Phi) is 2.67. The third kappa shape index (κ3) is 1.82. The van der Waals surface area contributed by atoms with E-state index in [-0.39, 0.29) is 0 Å². The molecule has 2 nitrogen and oxygen atoms in total. The van der Waals surface area contributed by atoms with Gasteiger partial charge in [0.05, 0.1) is 11.7 Å². The predicted molar refractivity (Wildman–Crippen MR) is 83.5 cm³/mol. The molecular formula is C15H14N2S2. The van der Waals surface area contributed by atoms with Gasteiger partial charge in [0.15, 0.2) is 5.17 Å². The average Bonchev–Trinajstić information content (AvgIpc) is 3.01. The number of fused-ring (bicyclic) bond motifs is 3. The van der Waals surface area contributed by atoms with Gasteiger partial charge in [-0.3, -0.25) is 4.99 Å². The molecule has 0 aliphatic carbocycles. The lowest BCUT2D eigenvalue weighted by molar-refractivity contribution is 0.644. The van der Waals surface area contributed by atoms with Crippen LogP contribution in [0.1, 0.15) is 22.9 Å². The van der Waals surface area contributed by atoms with E-state index in [0.717, 1.165) is 13.0 Å². The van der Waals surface area contributed by atoms with Gasteiger partial charge in [0, 0.05) is 16.3 Å². The van der Waals surface area contributed by atoms with Crippen LogP contribution in [0, 0.1) is 6.92 Å². The van der Waals surface area contributed by atoms with E-state index in [1.807, 2.05) is 23.1 Å². The van der Waals surface area contributed by atoms with Crippen molar-refractivity contribution in [1.29, 1.82) is 0 Å². The van der Waals surface area contributed by atoms with Crippen LogP contribution in [0.4, 0.5) is 5.69 Å². The number of nitrogens with zero attached hydrogens (tertiary/aromatic N) is 2. The van der Waals surface area contributed by atoms with E-state index in [2.05, 4.69) is 47.5 Å². The minimum Gasteiger partial charge on any atom is -0.320 e. The van der Waals surface area contributed by atoms with Crippen LogP contribution in [0.2, 0.25) is 0 Å². The maximum Gasteiger partial charge on any atom is 0.169 e. The maximum absolute atomic E-state index is 4.98. The minimum atomic E-state index is 0.355. The number of aliphatic imine (C=N–C) groups is 1. The highest BCUT2D eigenvalue weighted by molar-refractivity contribution is 8.14. The number of thioether (sulfide) groups is 1. The van der Waals surface area contributed by atoms with Crippen molar-refractivity contribution in [2.24, 2.45) is 4.99 Å². The highest BCUT2D eigenvalue weighted by atomic mass is 32.2. The number of rotatable bonds is 1. The second kappa shape index (κ2) is 4.39. The van der Waals surface area contributed by atoms with Crippen LogP contribution in [0.15, 0.2) is 45.6 Å². The molecule has 0 N–H and O–H groups in total. The van der Waals surface area contributed by atoms with E-state index in [1.165, 1.54) is 26.2 Å². The van der Waals surface area contributed by atoms with Crippen LogP contribution in [-0.4, -0.2) is 11.7 Å². The van der Waals surface area contributed by atoms with Gasteiger partial charge >= 0.3 is 0 Å². The van der Waals surface area contributed by atoms with E-state index in [4.69, 9.17) is 4.99 Å². The number of hydrogen-bond acceptors (Lipinski definition) is 4. The summed E-state index contributed by atoms with van der Waals surface area (Å²) in [6.45, 7) is 3.26. The van der Waals surface area contributed by atoms with Gasteiger partial charge in [0.25, 0.3) is 0 Å². The smallest absolute Gasteiger partial charge is 0.169 e. The molecule has 2 aliphatic rings. The molecule has 3 heterocycles. The lowest BCUT2D eigenvalue weighted by atomic mass is 10.1. The fraction of sp³-hybridized carbons (Fsp3) is 0.267. The van der Waals surface area contributed by atoms with Crippen LogP contribution in [0.25, 0.3) is 0 Å². The lowest BCUT2D eigenvalue weighted by Gasteiger charge is -2.27. The van der Waals surface area contributed by atoms with Gasteiger partial charge in [0.2, 0.25) is 0 Å². The number of thiophene rings is 1. The molecule has 2 aromatic rings. The van der Waals surface area contributed by atoms with Crippen molar-refractivity contribution in [2.45, 2.75) is 24.3 Å². The van der Waals surface area contributed by atoms with E-state index >= 15 is 0 Å². The first-order chi connectivity index (χ1) is 9.33. The van der Waals surface area contributed by atoms with Crippen LogP contribution in [0.3, 0.4) is 0 Å². The molecule has 4 heteroatoms. The van der Waals surface area contributed by atoms with Crippen molar-refractivity contribution >= 4 is 34.0 Å². The van der Waals surface area contributed by atoms with E-state index < -0.39 is 0 Å². The van der Waals surface area contributed by atoms with E-state index in [9.17, 15) is 0 Å². The number of para-hydroxylation sites is 1. The highest BCUT2D eigenvalue weighted by Crippen LogP contribution is 2.44. The zero-order valence-electron chi connectivity index (χ0n) is 10.7. The molecule has 0 radical (unpaired) electrons. The molecule has 1 aromatic heterocycles. The summed E-state index contributed by atoms with van der Waals surface area (Å²) in [4.78, 5) is 10.1. The van der Waals surface area contributed by atoms with Gasteiger partial charge in [-0.05, 0) is 54.2 Å². The number of benzene rings is 1. The number of aryl methyl sites for hydroxylation is 1. The summed E-state index contributed by atoms with van der Waals surface area (Å²) in [7, 11) is 0. The number of hydrogen-bond donors (Lipinski definition) is 0. The summed E-state index contributed by atoms with van der Waals surface area (Å²) in [5.41, 5.74) is 2.71. The van der Waals surface area contributed by atoms with Crippen molar-refractivity contribution in [2.75, 3.05) is 11.4 Å².